The maximum absolute atomic E-state index is 12.6. The Balaban J connectivity index is 0.00000157. The molecule has 0 bridgehead atoms. The van der Waals surface area contributed by atoms with Gasteiger partial charge in [-0.25, -0.2) is 0 Å². The number of Topliss-reactive ketones (excluding diaryl/α,β-unsaturated/α-hetero) is 1. The second kappa shape index (κ2) is 22.9. The van der Waals surface area contributed by atoms with Crippen molar-refractivity contribution in [2.75, 3.05) is 13.2 Å². The molecule has 0 aromatic heterocycles. The SMILES string of the molecule is C/C=C(\C=C(\C)C(C)=O)C(=Nc1cc(CNC(CC(C)C)C(=O)OC(C)C)ccc1C)C(C)C.CC.CCC1CCOCC1. The average molecular weight is 613 g/mol. The van der Waals surface area contributed by atoms with Crippen molar-refractivity contribution >= 4 is 23.2 Å². The number of hydrogen-bond acceptors (Lipinski definition) is 6. The van der Waals surface area contributed by atoms with Crippen molar-refractivity contribution in [3.05, 3.63) is 52.6 Å². The molecule has 250 valence electrons. The summed E-state index contributed by atoms with van der Waals surface area (Å²) in [4.78, 5) is 29.3. The molecule has 1 aromatic carbocycles. The summed E-state index contributed by atoms with van der Waals surface area (Å²) in [5, 5.41) is 3.39. The van der Waals surface area contributed by atoms with Crippen LogP contribution in [0.15, 0.2) is 46.5 Å². The highest BCUT2D eigenvalue weighted by atomic mass is 16.5. The van der Waals surface area contributed by atoms with Gasteiger partial charge in [0.25, 0.3) is 0 Å². The lowest BCUT2D eigenvalue weighted by molar-refractivity contribution is -0.150. The first-order valence-corrected chi connectivity index (χ1v) is 16.8. The Morgan fingerprint density at radius 2 is 1.68 bits per heavy atom. The number of rotatable bonds is 13. The van der Waals surface area contributed by atoms with E-state index in [2.05, 4.69) is 58.1 Å². The van der Waals surface area contributed by atoms with Crippen molar-refractivity contribution in [2.45, 2.75) is 134 Å². The van der Waals surface area contributed by atoms with Gasteiger partial charge in [0.2, 0.25) is 0 Å². The second-order valence-corrected chi connectivity index (χ2v) is 12.4. The fraction of sp³-hybridized carbons (Fsp3) is 0.658. The van der Waals surface area contributed by atoms with Crippen LogP contribution >= 0.6 is 0 Å². The van der Waals surface area contributed by atoms with Gasteiger partial charge in [-0.3, -0.25) is 14.6 Å². The number of allylic oxidation sites excluding steroid dienone is 4. The van der Waals surface area contributed by atoms with Gasteiger partial charge in [0.1, 0.15) is 6.04 Å². The first-order chi connectivity index (χ1) is 20.8. The van der Waals surface area contributed by atoms with Crippen LogP contribution in [0.3, 0.4) is 0 Å². The number of benzene rings is 1. The average Bonchev–Trinajstić information content (AvgIpc) is 2.99. The Kier molecular flexibility index (Phi) is 21.5. The van der Waals surface area contributed by atoms with Crippen LogP contribution in [0, 0.1) is 24.7 Å². The molecule has 1 atom stereocenters. The molecule has 1 unspecified atom stereocenters. The molecule has 0 spiro atoms. The zero-order valence-corrected chi connectivity index (χ0v) is 30.3. The number of ketones is 1. The third-order valence-electron chi connectivity index (χ3n) is 7.41. The van der Waals surface area contributed by atoms with Gasteiger partial charge in [-0.1, -0.05) is 73.1 Å². The highest BCUT2D eigenvalue weighted by Crippen LogP contribution is 2.25. The Morgan fingerprint density at radius 1 is 1.07 bits per heavy atom. The molecule has 0 aliphatic carbocycles. The molecule has 1 fully saturated rings. The van der Waals surface area contributed by atoms with Crippen LogP contribution in [0.4, 0.5) is 5.69 Å². The van der Waals surface area contributed by atoms with E-state index >= 15 is 0 Å². The third-order valence-corrected chi connectivity index (χ3v) is 7.41. The summed E-state index contributed by atoms with van der Waals surface area (Å²) < 4.78 is 10.7. The summed E-state index contributed by atoms with van der Waals surface area (Å²) >= 11 is 0. The number of ether oxygens (including phenoxy) is 2. The first kappa shape index (κ1) is 41.4. The van der Waals surface area contributed by atoms with Gasteiger partial charge in [0, 0.05) is 19.8 Å². The van der Waals surface area contributed by atoms with E-state index in [9.17, 15) is 9.59 Å². The van der Waals surface area contributed by atoms with E-state index in [4.69, 9.17) is 14.5 Å². The molecular weight excluding hydrogens is 548 g/mol. The fourth-order valence-corrected chi connectivity index (χ4v) is 4.63. The fourth-order valence-electron chi connectivity index (χ4n) is 4.63. The molecule has 0 radical (unpaired) electrons. The van der Waals surface area contributed by atoms with Crippen molar-refractivity contribution in [1.82, 2.24) is 5.32 Å². The summed E-state index contributed by atoms with van der Waals surface area (Å²) in [7, 11) is 0. The first-order valence-electron chi connectivity index (χ1n) is 16.8. The van der Waals surface area contributed by atoms with Gasteiger partial charge < -0.3 is 14.8 Å². The molecular formula is C38H64N2O4. The Morgan fingerprint density at radius 3 is 2.14 bits per heavy atom. The maximum Gasteiger partial charge on any atom is 0.323 e. The highest BCUT2D eigenvalue weighted by molar-refractivity contribution is 6.07. The molecule has 0 saturated carbocycles. The van der Waals surface area contributed by atoms with E-state index in [0.717, 1.165) is 47.2 Å². The number of esters is 1. The number of hydrogen-bond donors (Lipinski definition) is 1. The van der Waals surface area contributed by atoms with E-state index in [1.807, 2.05) is 60.6 Å². The zero-order chi connectivity index (χ0) is 33.8. The standard InChI is InChI=1S/C29H44N2O3.C7H14O.C2H6/c1-11-25(15-22(9)23(10)32)28(19(4)5)31-26-16-24(13-12-21(26)8)17-30-27(14-18(2)3)29(33)34-20(6)7;1-2-7-3-5-8-6-4-7;1-2/h11-13,15-16,18-20,27,30H,14,17H2,1-10H3;7H,2-6H2,1H3;1-2H3/b22-15-,25-11+,31-28?;;. The summed E-state index contributed by atoms with van der Waals surface area (Å²) in [6, 6.07) is 5.84. The second-order valence-electron chi connectivity index (χ2n) is 12.4. The van der Waals surface area contributed by atoms with Crippen molar-refractivity contribution in [2.24, 2.45) is 22.7 Å². The van der Waals surface area contributed by atoms with Gasteiger partial charge in [-0.15, -0.1) is 0 Å². The lowest BCUT2D eigenvalue weighted by Gasteiger charge is -2.21. The van der Waals surface area contributed by atoms with Crippen LogP contribution in [0.25, 0.3) is 0 Å². The number of aryl methyl sites for hydroxylation is 1. The number of nitrogens with zero attached hydrogens (tertiary/aromatic N) is 1. The van der Waals surface area contributed by atoms with E-state index in [-0.39, 0.29) is 29.8 Å². The normalized spacial score (nSPS) is 15.4. The quantitative estimate of drug-likeness (QED) is 0.104. The van der Waals surface area contributed by atoms with Crippen LogP contribution in [0.5, 0.6) is 0 Å². The minimum atomic E-state index is -0.351. The lowest BCUT2D eigenvalue weighted by Crippen LogP contribution is -2.39. The van der Waals surface area contributed by atoms with Crippen molar-refractivity contribution in [1.29, 1.82) is 0 Å². The molecule has 1 saturated heterocycles. The molecule has 0 amide bonds. The Hall–Kier alpha value is -2.57. The summed E-state index contributed by atoms with van der Waals surface area (Å²) in [6.45, 7) is 28.4. The maximum atomic E-state index is 12.6. The Labute approximate surface area is 270 Å². The van der Waals surface area contributed by atoms with Gasteiger partial charge in [-0.05, 0) is 113 Å². The Bertz CT molecular complexity index is 1080. The van der Waals surface area contributed by atoms with E-state index < -0.39 is 0 Å². The largest absolute Gasteiger partial charge is 0.462 e. The van der Waals surface area contributed by atoms with E-state index in [1.165, 1.54) is 19.3 Å². The molecule has 2 rings (SSSR count). The third kappa shape index (κ3) is 16.5. The number of nitrogens with one attached hydrogen (secondary N) is 1. The van der Waals surface area contributed by atoms with Gasteiger partial charge >= 0.3 is 5.97 Å². The summed E-state index contributed by atoms with van der Waals surface area (Å²) in [6.07, 6.45) is 8.41. The van der Waals surface area contributed by atoms with Gasteiger partial charge in [0.15, 0.2) is 5.78 Å². The van der Waals surface area contributed by atoms with Crippen molar-refractivity contribution in [3.63, 3.8) is 0 Å². The van der Waals surface area contributed by atoms with Gasteiger partial charge in [-0.2, -0.15) is 0 Å². The molecule has 1 aliphatic heterocycles. The molecule has 1 aliphatic rings. The van der Waals surface area contributed by atoms with Crippen molar-refractivity contribution in [3.8, 4) is 0 Å². The van der Waals surface area contributed by atoms with Crippen LogP contribution in [-0.2, 0) is 25.6 Å². The molecule has 1 aromatic rings. The van der Waals surface area contributed by atoms with Crippen molar-refractivity contribution < 1.29 is 19.1 Å². The number of carbonyl (C=O) groups excluding carboxylic acids is 2. The minimum Gasteiger partial charge on any atom is -0.462 e. The predicted molar refractivity (Wildman–Crippen MR) is 188 cm³/mol. The van der Waals surface area contributed by atoms with E-state index in [1.54, 1.807) is 6.92 Å². The monoisotopic (exact) mass is 612 g/mol. The predicted octanol–water partition coefficient (Wildman–Crippen LogP) is 9.51. The number of aliphatic imine (C=N–C) groups is 1. The molecule has 6 heteroatoms. The van der Waals surface area contributed by atoms with Crippen LogP contribution in [0.2, 0.25) is 0 Å². The molecule has 1 heterocycles. The highest BCUT2D eigenvalue weighted by Gasteiger charge is 2.22. The van der Waals surface area contributed by atoms with Crippen LogP contribution < -0.4 is 5.32 Å². The van der Waals surface area contributed by atoms with Gasteiger partial charge in [0.05, 0.1) is 17.5 Å². The smallest absolute Gasteiger partial charge is 0.323 e. The molecule has 44 heavy (non-hydrogen) atoms. The lowest BCUT2D eigenvalue weighted by atomic mass is 9.96. The summed E-state index contributed by atoms with van der Waals surface area (Å²) in [5.41, 5.74) is 5.62. The topological polar surface area (TPSA) is 77.0 Å². The van der Waals surface area contributed by atoms with Crippen LogP contribution in [-0.4, -0.2) is 42.8 Å². The molecule has 1 N–H and O–H groups in total. The van der Waals surface area contributed by atoms with E-state index in [0.29, 0.717) is 24.5 Å². The minimum absolute atomic E-state index is 0.0543. The summed E-state index contributed by atoms with van der Waals surface area (Å²) in [5.74, 6) is 1.36. The van der Waals surface area contributed by atoms with Crippen LogP contribution in [0.1, 0.15) is 120 Å². The molecule has 6 nitrogen and oxygen atoms in total. The zero-order valence-electron chi connectivity index (χ0n) is 30.3. The number of carbonyl (C=O) groups is 2.